The largest absolute Gasteiger partial charge is 0.338 e. The molecule has 0 aromatic rings. The third-order valence-corrected chi connectivity index (χ3v) is 4.67. The smallest absolute Gasteiger partial charge is 0.240 e. The van der Waals surface area contributed by atoms with Crippen LogP contribution >= 0.6 is 0 Å². The van der Waals surface area contributed by atoms with Gasteiger partial charge in [0, 0.05) is 12.6 Å². The van der Waals surface area contributed by atoms with Crippen LogP contribution in [0.15, 0.2) is 0 Å². The summed E-state index contributed by atoms with van der Waals surface area (Å²) in [6, 6.07) is 0.596. The van der Waals surface area contributed by atoms with Crippen molar-refractivity contribution in [2.45, 2.75) is 65.0 Å². The van der Waals surface area contributed by atoms with Crippen molar-refractivity contribution in [3.05, 3.63) is 0 Å². The van der Waals surface area contributed by atoms with Crippen LogP contribution in [0.2, 0.25) is 0 Å². The highest BCUT2D eigenvalue weighted by molar-refractivity contribution is 5.84. The zero-order valence-corrected chi connectivity index (χ0v) is 12.1. The molecule has 4 atom stereocenters. The Balaban J connectivity index is 1.92. The maximum atomic E-state index is 12.4. The molecule has 0 aromatic carbocycles. The Bertz CT molecular complexity index is 292. The van der Waals surface area contributed by atoms with E-state index in [2.05, 4.69) is 31.0 Å². The summed E-state index contributed by atoms with van der Waals surface area (Å²) in [6.07, 6.45) is 5.86. The number of carbonyl (C=O) groups is 1. The van der Waals surface area contributed by atoms with E-state index in [1.807, 2.05) is 0 Å². The topological polar surface area (TPSA) is 32.3 Å². The van der Waals surface area contributed by atoms with Gasteiger partial charge in [0.1, 0.15) is 0 Å². The van der Waals surface area contributed by atoms with Gasteiger partial charge in [-0.3, -0.25) is 4.79 Å². The van der Waals surface area contributed by atoms with Crippen molar-refractivity contribution < 1.29 is 4.79 Å². The molecule has 2 fully saturated rings. The molecule has 0 bridgehead atoms. The third kappa shape index (κ3) is 2.87. The molecular weight excluding hydrogens is 224 g/mol. The normalized spacial score (nSPS) is 37.3. The molecule has 0 radical (unpaired) electrons. The van der Waals surface area contributed by atoms with Crippen molar-refractivity contribution in [3.8, 4) is 0 Å². The molecule has 3 nitrogen and oxygen atoms in total. The first-order valence-corrected chi connectivity index (χ1v) is 7.67. The molecule has 2 rings (SSSR count). The van der Waals surface area contributed by atoms with Crippen LogP contribution in [0.1, 0.15) is 52.9 Å². The first-order valence-electron chi connectivity index (χ1n) is 7.67. The first kappa shape index (κ1) is 13.9. The molecular formula is C15H28N2O. The van der Waals surface area contributed by atoms with Gasteiger partial charge < -0.3 is 10.2 Å². The fourth-order valence-corrected chi connectivity index (χ4v) is 3.65. The van der Waals surface area contributed by atoms with Crippen molar-refractivity contribution in [1.29, 1.82) is 0 Å². The highest BCUT2D eigenvalue weighted by atomic mass is 16.2. The van der Waals surface area contributed by atoms with Gasteiger partial charge in [0.05, 0.1) is 6.04 Å². The SMILES string of the molecule is CCCNC1CCN(C2CCC(C)CC2C)C1=O. The fraction of sp³-hybridized carbons (Fsp3) is 0.933. The number of nitrogens with zero attached hydrogens (tertiary/aromatic N) is 1. The average molecular weight is 252 g/mol. The van der Waals surface area contributed by atoms with E-state index in [9.17, 15) is 4.79 Å². The van der Waals surface area contributed by atoms with Gasteiger partial charge in [-0.1, -0.05) is 20.8 Å². The maximum Gasteiger partial charge on any atom is 0.240 e. The van der Waals surface area contributed by atoms with Gasteiger partial charge >= 0.3 is 0 Å². The molecule has 3 heteroatoms. The Morgan fingerprint density at radius 3 is 2.72 bits per heavy atom. The van der Waals surface area contributed by atoms with Gasteiger partial charge in [0.15, 0.2) is 0 Å². The molecule has 1 amide bonds. The van der Waals surface area contributed by atoms with Gasteiger partial charge in [-0.25, -0.2) is 0 Å². The molecule has 1 N–H and O–H groups in total. The zero-order chi connectivity index (χ0) is 13.1. The van der Waals surface area contributed by atoms with Crippen molar-refractivity contribution in [2.24, 2.45) is 11.8 Å². The van der Waals surface area contributed by atoms with Crippen LogP contribution in [-0.4, -0.2) is 36.0 Å². The van der Waals surface area contributed by atoms with E-state index in [0.29, 0.717) is 17.9 Å². The summed E-state index contributed by atoms with van der Waals surface area (Å²) >= 11 is 0. The average Bonchev–Trinajstić information content (AvgIpc) is 2.68. The fourth-order valence-electron chi connectivity index (χ4n) is 3.65. The van der Waals surface area contributed by atoms with E-state index in [-0.39, 0.29) is 6.04 Å². The van der Waals surface area contributed by atoms with Crippen LogP contribution in [0.25, 0.3) is 0 Å². The Labute approximate surface area is 111 Å². The van der Waals surface area contributed by atoms with Gasteiger partial charge in [-0.15, -0.1) is 0 Å². The Hall–Kier alpha value is -0.570. The lowest BCUT2D eigenvalue weighted by Gasteiger charge is -2.38. The standard InChI is InChI=1S/C15H28N2O/c1-4-8-16-13-7-9-17(15(13)18)14-6-5-11(2)10-12(14)3/h11-14,16H,4-10H2,1-3H3. The van der Waals surface area contributed by atoms with E-state index < -0.39 is 0 Å². The van der Waals surface area contributed by atoms with E-state index in [1.54, 1.807) is 0 Å². The van der Waals surface area contributed by atoms with Crippen molar-refractivity contribution in [2.75, 3.05) is 13.1 Å². The van der Waals surface area contributed by atoms with Gasteiger partial charge in [0.2, 0.25) is 5.91 Å². The number of hydrogen-bond donors (Lipinski definition) is 1. The zero-order valence-electron chi connectivity index (χ0n) is 12.1. The molecule has 1 saturated heterocycles. The van der Waals surface area contributed by atoms with Crippen LogP contribution in [-0.2, 0) is 4.79 Å². The lowest BCUT2D eigenvalue weighted by Crippen LogP contribution is -2.47. The minimum absolute atomic E-state index is 0.0940. The maximum absolute atomic E-state index is 12.4. The Morgan fingerprint density at radius 1 is 1.28 bits per heavy atom. The summed E-state index contributed by atoms with van der Waals surface area (Å²) < 4.78 is 0. The van der Waals surface area contributed by atoms with Crippen molar-refractivity contribution in [3.63, 3.8) is 0 Å². The molecule has 2 aliphatic rings. The minimum Gasteiger partial charge on any atom is -0.338 e. The summed E-state index contributed by atoms with van der Waals surface area (Å²) in [7, 11) is 0. The summed E-state index contributed by atoms with van der Waals surface area (Å²) in [6.45, 7) is 8.73. The van der Waals surface area contributed by atoms with Crippen LogP contribution in [0.4, 0.5) is 0 Å². The van der Waals surface area contributed by atoms with E-state index in [4.69, 9.17) is 0 Å². The molecule has 18 heavy (non-hydrogen) atoms. The second-order valence-corrected chi connectivity index (χ2v) is 6.29. The molecule has 104 valence electrons. The summed E-state index contributed by atoms with van der Waals surface area (Å²) in [5, 5.41) is 3.38. The number of rotatable bonds is 4. The molecule has 0 spiro atoms. The quantitative estimate of drug-likeness (QED) is 0.833. The predicted molar refractivity (Wildman–Crippen MR) is 74.4 cm³/mol. The van der Waals surface area contributed by atoms with Gasteiger partial charge in [-0.05, 0) is 50.5 Å². The Morgan fingerprint density at radius 2 is 2.06 bits per heavy atom. The number of nitrogens with one attached hydrogen (secondary N) is 1. The monoisotopic (exact) mass is 252 g/mol. The molecule has 1 aliphatic heterocycles. The molecule has 4 unspecified atom stereocenters. The molecule has 1 aliphatic carbocycles. The number of likely N-dealkylation sites (tertiary alicyclic amines) is 1. The highest BCUT2D eigenvalue weighted by Crippen LogP contribution is 2.33. The van der Waals surface area contributed by atoms with Crippen LogP contribution in [0.3, 0.4) is 0 Å². The van der Waals surface area contributed by atoms with Gasteiger partial charge in [-0.2, -0.15) is 0 Å². The first-order chi connectivity index (χ1) is 8.63. The van der Waals surface area contributed by atoms with Gasteiger partial charge in [0.25, 0.3) is 0 Å². The van der Waals surface area contributed by atoms with Crippen molar-refractivity contribution in [1.82, 2.24) is 10.2 Å². The molecule has 1 heterocycles. The lowest BCUT2D eigenvalue weighted by atomic mass is 9.79. The van der Waals surface area contributed by atoms with E-state index in [0.717, 1.165) is 31.8 Å². The molecule has 1 saturated carbocycles. The van der Waals surface area contributed by atoms with Crippen LogP contribution in [0.5, 0.6) is 0 Å². The van der Waals surface area contributed by atoms with Crippen LogP contribution < -0.4 is 5.32 Å². The van der Waals surface area contributed by atoms with Crippen LogP contribution in [0, 0.1) is 11.8 Å². The summed E-state index contributed by atoms with van der Waals surface area (Å²) in [5.74, 6) is 1.86. The second-order valence-electron chi connectivity index (χ2n) is 6.29. The van der Waals surface area contributed by atoms with Crippen molar-refractivity contribution >= 4 is 5.91 Å². The highest BCUT2D eigenvalue weighted by Gasteiger charge is 2.39. The van der Waals surface area contributed by atoms with E-state index in [1.165, 1.54) is 19.3 Å². The number of carbonyl (C=O) groups excluding carboxylic acids is 1. The summed E-state index contributed by atoms with van der Waals surface area (Å²) in [5.41, 5.74) is 0. The lowest BCUT2D eigenvalue weighted by molar-refractivity contribution is -0.133. The predicted octanol–water partition coefficient (Wildman–Crippen LogP) is 2.41. The Kier molecular flexibility index (Phi) is 4.66. The third-order valence-electron chi connectivity index (χ3n) is 4.67. The number of amides is 1. The van der Waals surface area contributed by atoms with E-state index >= 15 is 0 Å². The second kappa shape index (κ2) is 6.05. The molecule has 0 aromatic heterocycles. The number of hydrogen-bond acceptors (Lipinski definition) is 2. The summed E-state index contributed by atoms with van der Waals surface area (Å²) in [4.78, 5) is 14.6. The minimum atomic E-state index is 0.0940.